The van der Waals surface area contributed by atoms with Crippen LogP contribution in [0.1, 0.15) is 123 Å². The van der Waals surface area contributed by atoms with Crippen molar-refractivity contribution in [1.29, 1.82) is 0 Å². The highest BCUT2D eigenvalue weighted by molar-refractivity contribution is 5.92. The second kappa shape index (κ2) is 26.0. The Hall–Kier alpha value is -4.14. The van der Waals surface area contributed by atoms with Gasteiger partial charge in [-0.3, -0.25) is 24.6 Å². The number of carbonyl (C=O) groups is 5. The average Bonchev–Trinajstić information content (AvgIpc) is 3.16. The smallest absolute Gasteiger partial charge is 0.407 e. The summed E-state index contributed by atoms with van der Waals surface area (Å²) in [6.45, 7) is 13.2. The molecule has 0 saturated heterocycles. The van der Waals surface area contributed by atoms with Crippen LogP contribution in [0.3, 0.4) is 0 Å². The number of fused-ring (bicyclic) bond motifs is 1. The van der Waals surface area contributed by atoms with Gasteiger partial charge in [-0.2, -0.15) is 5.10 Å². The molecule has 14 heteroatoms. The Bertz CT molecular complexity index is 1510. The molecule has 1 fully saturated rings. The highest BCUT2D eigenvalue weighted by atomic mass is 16.6. The number of amides is 3. The summed E-state index contributed by atoms with van der Waals surface area (Å²) in [4.78, 5) is 61.7. The first-order chi connectivity index (χ1) is 27.3. The number of rotatable bonds is 26. The van der Waals surface area contributed by atoms with Crippen molar-refractivity contribution in [2.75, 3.05) is 39.5 Å². The van der Waals surface area contributed by atoms with Crippen molar-refractivity contribution in [3.05, 3.63) is 41.0 Å². The first-order valence-electron chi connectivity index (χ1n) is 20.9. The van der Waals surface area contributed by atoms with Crippen molar-refractivity contribution in [2.24, 2.45) is 22.7 Å². The molecule has 6 N–H and O–H groups in total. The predicted molar refractivity (Wildman–Crippen MR) is 221 cm³/mol. The Morgan fingerprint density at radius 2 is 1.61 bits per heavy atom. The summed E-state index contributed by atoms with van der Waals surface area (Å²) in [7, 11) is 0. The van der Waals surface area contributed by atoms with Gasteiger partial charge in [-0.25, -0.2) is 4.79 Å². The molecule has 1 heterocycles. The van der Waals surface area contributed by atoms with Crippen LogP contribution in [0.15, 0.2) is 34.9 Å². The van der Waals surface area contributed by atoms with Crippen LogP contribution in [0.5, 0.6) is 0 Å². The largest absolute Gasteiger partial charge is 0.446 e. The number of Topliss-reactive ketones (excluding diaryl/α,β-unsaturated/α-hetero) is 2. The molecule has 14 nitrogen and oxygen atoms in total. The molecule has 1 aliphatic carbocycles. The Balaban J connectivity index is 1.32. The maximum atomic E-state index is 12.8. The van der Waals surface area contributed by atoms with E-state index in [1.54, 1.807) is 0 Å². The second-order valence-electron chi connectivity index (χ2n) is 15.7. The summed E-state index contributed by atoms with van der Waals surface area (Å²) < 4.78 is 16.8. The van der Waals surface area contributed by atoms with Crippen LogP contribution in [0.25, 0.3) is 5.70 Å². The van der Waals surface area contributed by atoms with Gasteiger partial charge in [0.15, 0.2) is 0 Å². The van der Waals surface area contributed by atoms with Crippen LogP contribution >= 0.6 is 0 Å². The molecule has 57 heavy (non-hydrogen) atoms. The molecular formula is C43H68N6O8. The quantitative estimate of drug-likeness (QED) is 0.0785. The number of nitrogens with one attached hydrogen (secondary N) is 4. The van der Waals surface area contributed by atoms with Crippen molar-refractivity contribution in [1.82, 2.24) is 21.4 Å². The zero-order valence-corrected chi connectivity index (χ0v) is 34.9. The van der Waals surface area contributed by atoms with Gasteiger partial charge in [0.1, 0.15) is 23.7 Å². The number of ketones is 2. The van der Waals surface area contributed by atoms with Crippen LogP contribution in [-0.4, -0.2) is 92.9 Å². The number of allylic oxidation sites excluding steroid dienone is 1. The fourth-order valence-electron chi connectivity index (χ4n) is 6.88. The molecule has 318 valence electrons. The third kappa shape index (κ3) is 18.3. The standard InChI is InChI=1S/C43H68N6O8/c1-29(2)39(51)28-32-14-16-33(17-15-32)41-37-20-19-35(11-8-12-36(37)31(5)48-49-41)57-43(54)46-22-7-6-13-38(42(44)53)47-40(52)21-18-34(50)10-9-24-55-26-27-56-25-23-45-30(3)4/h14-17,29-30,35-36,38,45,49H,6-13,18-28H2,1-5H3,(H2,44,53)(H,46,54)(H,47,52)/t35?,36?,38-/m0/s1. The van der Waals surface area contributed by atoms with Gasteiger partial charge in [-0.15, -0.1) is 0 Å². The van der Waals surface area contributed by atoms with Gasteiger partial charge in [-0.05, 0) is 81.4 Å². The van der Waals surface area contributed by atoms with E-state index in [2.05, 4.69) is 40.3 Å². The minimum absolute atomic E-state index is 0.000429. The Morgan fingerprint density at radius 3 is 2.32 bits per heavy atom. The number of unbranched alkanes of at least 4 members (excludes halogenated alkanes) is 1. The van der Waals surface area contributed by atoms with E-state index < -0.39 is 23.9 Å². The van der Waals surface area contributed by atoms with Crippen LogP contribution in [0, 0.1) is 11.8 Å². The number of ether oxygens (including phenoxy) is 3. The Morgan fingerprint density at radius 1 is 0.877 bits per heavy atom. The van der Waals surface area contributed by atoms with Crippen molar-refractivity contribution >= 4 is 40.9 Å². The molecule has 1 aromatic rings. The van der Waals surface area contributed by atoms with E-state index in [0.29, 0.717) is 84.0 Å². The van der Waals surface area contributed by atoms with Gasteiger partial charge < -0.3 is 35.9 Å². The first-order valence-corrected chi connectivity index (χ1v) is 20.9. The number of nitrogens with two attached hydrogens (primary N) is 1. The van der Waals surface area contributed by atoms with E-state index in [9.17, 15) is 24.0 Å². The monoisotopic (exact) mass is 797 g/mol. The fourth-order valence-corrected chi connectivity index (χ4v) is 6.88. The lowest BCUT2D eigenvalue weighted by molar-refractivity contribution is -0.129. The van der Waals surface area contributed by atoms with E-state index >= 15 is 0 Å². The number of hydrazone groups is 1. The number of hydrogen-bond donors (Lipinski definition) is 5. The third-order valence-corrected chi connectivity index (χ3v) is 10.3. The van der Waals surface area contributed by atoms with E-state index in [1.165, 1.54) is 5.57 Å². The summed E-state index contributed by atoms with van der Waals surface area (Å²) in [6.07, 6.45) is 6.07. The summed E-state index contributed by atoms with van der Waals surface area (Å²) >= 11 is 0. The van der Waals surface area contributed by atoms with Gasteiger partial charge in [0, 0.05) is 69.0 Å². The molecule has 1 aromatic carbocycles. The van der Waals surface area contributed by atoms with Crippen molar-refractivity contribution in [2.45, 2.75) is 136 Å². The van der Waals surface area contributed by atoms with Crippen LogP contribution in [0.2, 0.25) is 0 Å². The maximum absolute atomic E-state index is 12.8. The van der Waals surface area contributed by atoms with Gasteiger partial charge in [-0.1, -0.05) is 52.0 Å². The van der Waals surface area contributed by atoms with Gasteiger partial charge in [0.05, 0.1) is 25.5 Å². The minimum atomic E-state index is -0.857. The molecular weight excluding hydrogens is 729 g/mol. The molecule has 2 aliphatic rings. The third-order valence-electron chi connectivity index (χ3n) is 10.3. The normalized spacial score (nSPS) is 17.5. The van der Waals surface area contributed by atoms with Crippen LogP contribution in [0.4, 0.5) is 4.79 Å². The van der Waals surface area contributed by atoms with E-state index in [-0.39, 0.29) is 42.3 Å². The Kier molecular flexibility index (Phi) is 21.5. The number of hydrogen-bond acceptors (Lipinski definition) is 11. The molecule has 0 aromatic heterocycles. The molecule has 0 spiro atoms. The van der Waals surface area contributed by atoms with Gasteiger partial charge in [0.2, 0.25) is 11.8 Å². The Labute approximate surface area is 339 Å². The topological polar surface area (TPSA) is 200 Å². The predicted octanol–water partition coefficient (Wildman–Crippen LogP) is 5.12. The van der Waals surface area contributed by atoms with Crippen LogP contribution < -0.4 is 27.1 Å². The van der Waals surface area contributed by atoms with E-state index in [1.807, 2.05) is 45.0 Å². The highest BCUT2D eigenvalue weighted by Crippen LogP contribution is 2.36. The maximum Gasteiger partial charge on any atom is 0.407 e. The van der Waals surface area contributed by atoms with Crippen molar-refractivity contribution < 1.29 is 38.2 Å². The van der Waals surface area contributed by atoms with Gasteiger partial charge in [0.25, 0.3) is 0 Å². The molecule has 3 amide bonds. The van der Waals surface area contributed by atoms with Crippen LogP contribution in [-0.2, 0) is 39.8 Å². The van der Waals surface area contributed by atoms with Gasteiger partial charge >= 0.3 is 6.09 Å². The molecule has 1 aliphatic heterocycles. The zero-order chi connectivity index (χ0) is 41.6. The minimum Gasteiger partial charge on any atom is -0.446 e. The molecule has 3 atom stereocenters. The average molecular weight is 797 g/mol. The summed E-state index contributed by atoms with van der Waals surface area (Å²) in [5, 5.41) is 13.4. The second-order valence-corrected chi connectivity index (χ2v) is 15.7. The molecule has 1 saturated carbocycles. The lowest BCUT2D eigenvalue weighted by atomic mass is 9.80. The van der Waals surface area contributed by atoms with Crippen molar-refractivity contribution in [3.8, 4) is 0 Å². The molecule has 2 unspecified atom stereocenters. The van der Waals surface area contributed by atoms with E-state index in [4.69, 9.17) is 19.9 Å². The molecule has 0 radical (unpaired) electrons. The summed E-state index contributed by atoms with van der Waals surface area (Å²) in [5.74, 6) is -0.648. The number of nitrogens with zero attached hydrogens (tertiary/aromatic N) is 1. The highest BCUT2D eigenvalue weighted by Gasteiger charge is 2.30. The molecule has 3 rings (SSSR count). The van der Waals surface area contributed by atoms with E-state index in [0.717, 1.165) is 54.8 Å². The zero-order valence-electron chi connectivity index (χ0n) is 34.9. The number of benzene rings is 1. The number of alkyl carbamates (subject to hydrolysis) is 1. The number of primary amides is 1. The summed E-state index contributed by atoms with van der Waals surface area (Å²) in [5.41, 5.74) is 14.1. The first kappa shape index (κ1) is 47.2. The van der Waals surface area contributed by atoms with Crippen molar-refractivity contribution in [3.63, 3.8) is 0 Å². The number of carbonyl (C=O) groups excluding carboxylic acids is 5. The fraction of sp³-hybridized carbons (Fsp3) is 0.674. The SMILES string of the molecule is CC1=NNC(c2ccc(CC(=O)C(C)C)cc2)=C2CCC(OC(=O)NCCCC[C@H](NC(=O)CCC(=O)CCCOCCOCCNC(C)C)C(N)=O)CCCC12. The molecule has 0 bridgehead atoms. The summed E-state index contributed by atoms with van der Waals surface area (Å²) in [6, 6.07) is 7.66. The lowest BCUT2D eigenvalue weighted by Crippen LogP contribution is -2.44. The lowest BCUT2D eigenvalue weighted by Gasteiger charge is -2.32.